The fourth-order valence-corrected chi connectivity index (χ4v) is 3.66. The lowest BCUT2D eigenvalue weighted by molar-refractivity contribution is -0.137. The van der Waals surface area contributed by atoms with E-state index < -0.39 is 17.2 Å². The van der Waals surface area contributed by atoms with Crippen molar-refractivity contribution in [2.24, 2.45) is 4.99 Å². The first-order chi connectivity index (χ1) is 14.5. The van der Waals surface area contributed by atoms with Crippen molar-refractivity contribution in [3.05, 3.63) is 95.6 Å². The molecular weight excluding hydrogens is 378 g/mol. The number of hydrogen-bond donors (Lipinski definition) is 0. The molecule has 0 aliphatic carbocycles. The lowest BCUT2D eigenvalue weighted by atomic mass is 9.69. The number of benzene rings is 3. The molecule has 1 heterocycles. The van der Waals surface area contributed by atoms with Crippen molar-refractivity contribution in [3.63, 3.8) is 0 Å². The molecule has 5 heteroatoms. The number of Topliss-reactive ketones (excluding diaryl/α,β-unsaturated/α-hetero) is 1. The van der Waals surface area contributed by atoms with Crippen LogP contribution in [-0.2, 0) is 26.3 Å². The highest BCUT2D eigenvalue weighted by molar-refractivity contribution is 6.67. The molecule has 1 unspecified atom stereocenters. The second kappa shape index (κ2) is 7.95. The molecule has 3 aromatic carbocycles. The van der Waals surface area contributed by atoms with Crippen molar-refractivity contribution < 1.29 is 19.1 Å². The van der Waals surface area contributed by atoms with E-state index in [1.165, 1.54) is 0 Å². The standard InChI is InChI=1S/C25H21NO4/c1-25(18-11-7-4-8-12-18)20-15-19(29-2)13-14-21(20)26-22(23(25)27)24(28)30-16-17-9-5-3-6-10-17/h3-15H,16H2,1-2H3. The van der Waals surface area contributed by atoms with Crippen LogP contribution in [0.2, 0.25) is 0 Å². The molecule has 0 saturated carbocycles. The van der Waals surface area contributed by atoms with Crippen LogP contribution in [-0.4, -0.2) is 24.6 Å². The minimum absolute atomic E-state index is 0.0729. The van der Waals surface area contributed by atoms with E-state index in [2.05, 4.69) is 4.99 Å². The van der Waals surface area contributed by atoms with Crippen LogP contribution in [0.4, 0.5) is 5.69 Å². The van der Waals surface area contributed by atoms with Crippen molar-refractivity contribution >= 4 is 23.2 Å². The molecule has 0 aromatic heterocycles. The van der Waals surface area contributed by atoms with Gasteiger partial charge >= 0.3 is 5.97 Å². The maximum Gasteiger partial charge on any atom is 0.361 e. The average Bonchev–Trinajstić information content (AvgIpc) is 2.80. The Labute approximate surface area is 175 Å². The SMILES string of the molecule is COc1ccc2c(c1)C(C)(c1ccccc1)C(=O)C(C(=O)OCc1ccccc1)=N2. The van der Waals surface area contributed by atoms with Crippen molar-refractivity contribution in [2.75, 3.05) is 7.11 Å². The fourth-order valence-electron chi connectivity index (χ4n) is 3.66. The van der Waals surface area contributed by atoms with Crippen molar-refractivity contribution in [2.45, 2.75) is 18.9 Å². The summed E-state index contributed by atoms with van der Waals surface area (Å²) >= 11 is 0. The average molecular weight is 399 g/mol. The minimum atomic E-state index is -1.09. The van der Waals surface area contributed by atoms with Gasteiger partial charge in [0.1, 0.15) is 12.4 Å². The van der Waals surface area contributed by atoms with E-state index in [0.29, 0.717) is 17.0 Å². The van der Waals surface area contributed by atoms with E-state index in [1.54, 1.807) is 25.3 Å². The maximum absolute atomic E-state index is 13.6. The highest BCUT2D eigenvalue weighted by Gasteiger charge is 2.46. The van der Waals surface area contributed by atoms with Crippen LogP contribution in [0.3, 0.4) is 0 Å². The first kappa shape index (κ1) is 19.6. The lowest BCUT2D eigenvalue weighted by Gasteiger charge is -2.33. The third-order valence-corrected chi connectivity index (χ3v) is 5.40. The summed E-state index contributed by atoms with van der Waals surface area (Å²) in [5, 5.41) is 0. The van der Waals surface area contributed by atoms with Crippen LogP contribution in [0.1, 0.15) is 23.6 Å². The highest BCUT2D eigenvalue weighted by atomic mass is 16.5. The Morgan fingerprint density at radius 1 is 0.967 bits per heavy atom. The molecule has 0 amide bonds. The Balaban J connectivity index is 1.76. The van der Waals surface area contributed by atoms with Gasteiger partial charge in [0.2, 0.25) is 5.78 Å². The van der Waals surface area contributed by atoms with E-state index in [-0.39, 0.29) is 12.3 Å². The summed E-state index contributed by atoms with van der Waals surface area (Å²) in [5.74, 6) is -0.506. The van der Waals surface area contributed by atoms with E-state index in [1.807, 2.05) is 67.6 Å². The van der Waals surface area contributed by atoms with E-state index >= 15 is 0 Å². The predicted octanol–water partition coefficient (Wildman–Crippen LogP) is 4.40. The van der Waals surface area contributed by atoms with E-state index in [4.69, 9.17) is 9.47 Å². The highest BCUT2D eigenvalue weighted by Crippen LogP contribution is 2.43. The number of carbonyl (C=O) groups excluding carboxylic acids is 2. The number of fused-ring (bicyclic) bond motifs is 1. The monoisotopic (exact) mass is 399 g/mol. The predicted molar refractivity (Wildman–Crippen MR) is 114 cm³/mol. The molecule has 4 rings (SSSR count). The molecule has 0 spiro atoms. The quantitative estimate of drug-likeness (QED) is 0.597. The Kier molecular flexibility index (Phi) is 5.19. The van der Waals surface area contributed by atoms with Crippen LogP contribution < -0.4 is 4.74 Å². The summed E-state index contributed by atoms with van der Waals surface area (Å²) in [6, 6.07) is 24.0. The second-order valence-corrected chi connectivity index (χ2v) is 7.23. The van der Waals surface area contributed by atoms with Gasteiger partial charge in [0.15, 0.2) is 5.71 Å². The maximum atomic E-state index is 13.6. The van der Waals surface area contributed by atoms with Gasteiger partial charge in [-0.1, -0.05) is 60.7 Å². The Hall–Kier alpha value is -3.73. The molecule has 0 bridgehead atoms. The molecule has 150 valence electrons. The zero-order valence-corrected chi connectivity index (χ0v) is 16.8. The molecule has 0 N–H and O–H groups in total. The summed E-state index contributed by atoms with van der Waals surface area (Å²) in [4.78, 5) is 30.8. The molecule has 1 atom stereocenters. The number of ketones is 1. The van der Waals surface area contributed by atoms with E-state index in [9.17, 15) is 9.59 Å². The molecule has 1 aliphatic rings. The first-order valence-corrected chi connectivity index (χ1v) is 9.62. The van der Waals surface area contributed by atoms with Gasteiger partial charge in [0.25, 0.3) is 0 Å². The van der Waals surface area contributed by atoms with E-state index in [0.717, 1.165) is 11.1 Å². The largest absolute Gasteiger partial charge is 0.497 e. The number of aliphatic imine (C=N–C) groups is 1. The second-order valence-electron chi connectivity index (χ2n) is 7.23. The third-order valence-electron chi connectivity index (χ3n) is 5.40. The summed E-state index contributed by atoms with van der Waals surface area (Å²) < 4.78 is 10.8. The van der Waals surface area contributed by atoms with Crippen LogP contribution in [0.5, 0.6) is 5.75 Å². The number of nitrogens with zero attached hydrogens (tertiary/aromatic N) is 1. The number of hydrogen-bond acceptors (Lipinski definition) is 5. The topological polar surface area (TPSA) is 65.0 Å². The summed E-state index contributed by atoms with van der Waals surface area (Å²) in [7, 11) is 1.57. The molecule has 0 saturated heterocycles. The normalized spacial score (nSPS) is 17.7. The van der Waals surface area contributed by atoms with Gasteiger partial charge in [0, 0.05) is 0 Å². The molecular formula is C25H21NO4. The minimum Gasteiger partial charge on any atom is -0.497 e. The lowest BCUT2D eigenvalue weighted by Crippen LogP contribution is -2.44. The fraction of sp³-hybridized carbons (Fsp3) is 0.160. The van der Waals surface area contributed by atoms with Gasteiger partial charge in [-0.05, 0) is 41.8 Å². The van der Waals surface area contributed by atoms with Crippen molar-refractivity contribution in [1.29, 1.82) is 0 Å². The van der Waals surface area contributed by atoms with Crippen LogP contribution in [0, 0.1) is 0 Å². The van der Waals surface area contributed by atoms with Crippen LogP contribution >= 0.6 is 0 Å². The third kappa shape index (κ3) is 3.39. The number of carbonyl (C=O) groups is 2. The van der Waals surface area contributed by atoms with Gasteiger partial charge in [-0.2, -0.15) is 0 Å². The van der Waals surface area contributed by atoms with Gasteiger partial charge in [0.05, 0.1) is 18.2 Å². The van der Waals surface area contributed by atoms with Crippen LogP contribution in [0.15, 0.2) is 83.9 Å². The molecule has 30 heavy (non-hydrogen) atoms. The summed E-state index contributed by atoms with van der Waals surface area (Å²) in [5.41, 5.74) is 1.56. The zero-order valence-electron chi connectivity index (χ0n) is 16.8. The van der Waals surface area contributed by atoms with Gasteiger partial charge in [-0.15, -0.1) is 0 Å². The molecule has 0 fully saturated rings. The Bertz CT molecular complexity index is 1120. The molecule has 1 aliphatic heterocycles. The Morgan fingerprint density at radius 2 is 1.63 bits per heavy atom. The van der Waals surface area contributed by atoms with Gasteiger partial charge in [-0.3, -0.25) is 4.79 Å². The molecule has 0 radical (unpaired) electrons. The number of rotatable bonds is 5. The number of methoxy groups -OCH3 is 1. The number of ether oxygens (including phenoxy) is 2. The van der Waals surface area contributed by atoms with Gasteiger partial charge < -0.3 is 9.47 Å². The number of esters is 1. The first-order valence-electron chi connectivity index (χ1n) is 9.62. The summed E-state index contributed by atoms with van der Waals surface area (Å²) in [6.07, 6.45) is 0. The van der Waals surface area contributed by atoms with Crippen LogP contribution in [0.25, 0.3) is 0 Å². The van der Waals surface area contributed by atoms with Crippen molar-refractivity contribution in [3.8, 4) is 5.75 Å². The Morgan fingerprint density at radius 3 is 2.30 bits per heavy atom. The van der Waals surface area contributed by atoms with Gasteiger partial charge in [-0.25, -0.2) is 9.79 Å². The smallest absolute Gasteiger partial charge is 0.361 e. The summed E-state index contributed by atoms with van der Waals surface area (Å²) in [6.45, 7) is 1.88. The zero-order chi connectivity index (χ0) is 21.1. The molecule has 3 aromatic rings. The van der Waals surface area contributed by atoms with Crippen molar-refractivity contribution in [1.82, 2.24) is 0 Å². The molecule has 5 nitrogen and oxygen atoms in total.